The molecule has 0 atom stereocenters. The van der Waals surface area contributed by atoms with E-state index in [0.29, 0.717) is 10.8 Å². The van der Waals surface area contributed by atoms with E-state index in [9.17, 15) is 0 Å². The zero-order valence-electron chi connectivity index (χ0n) is 9.66. The monoisotopic (exact) mass is 334 g/mol. The molecule has 94 valence electrons. The topological polar surface area (TPSA) is 43.6 Å². The van der Waals surface area contributed by atoms with Crippen LogP contribution in [0.1, 0.15) is 0 Å². The lowest BCUT2D eigenvalue weighted by Gasteiger charge is -2.07. The Morgan fingerprint density at radius 2 is 1.84 bits per heavy atom. The molecule has 1 heterocycles. The molecule has 0 bridgehead atoms. The van der Waals surface area contributed by atoms with Crippen molar-refractivity contribution in [3.8, 4) is 17.1 Å². The van der Waals surface area contributed by atoms with Crippen molar-refractivity contribution in [2.45, 2.75) is 0 Å². The summed E-state index contributed by atoms with van der Waals surface area (Å²) in [6, 6.07) is 15.3. The molecule has 0 saturated heterocycles. The highest BCUT2D eigenvalue weighted by atomic mass is 79.9. The molecule has 4 nitrogen and oxygen atoms in total. The van der Waals surface area contributed by atoms with E-state index in [-0.39, 0.29) is 0 Å². The Morgan fingerprint density at radius 1 is 1.05 bits per heavy atom. The average molecular weight is 336 g/mol. The van der Waals surface area contributed by atoms with Gasteiger partial charge in [0.05, 0.1) is 10.7 Å². The number of nitrogens with zero attached hydrogens (tertiary/aromatic N) is 4. The molecule has 0 aliphatic carbocycles. The lowest BCUT2D eigenvalue weighted by molar-refractivity contribution is 0.791. The van der Waals surface area contributed by atoms with Crippen LogP contribution in [0, 0.1) is 0 Å². The summed E-state index contributed by atoms with van der Waals surface area (Å²) in [5.41, 5.74) is 1.67. The van der Waals surface area contributed by atoms with Crippen LogP contribution >= 0.6 is 27.5 Å². The molecule has 6 heteroatoms. The predicted octanol–water partition coefficient (Wildman–Crippen LogP) is 3.75. The van der Waals surface area contributed by atoms with Crippen molar-refractivity contribution >= 4 is 27.5 Å². The Morgan fingerprint density at radius 3 is 2.63 bits per heavy atom. The van der Waals surface area contributed by atoms with Gasteiger partial charge in [0.1, 0.15) is 0 Å². The van der Waals surface area contributed by atoms with Gasteiger partial charge in [-0.3, -0.25) is 0 Å². The minimum atomic E-state index is 0.590. The predicted molar refractivity (Wildman–Crippen MR) is 77.3 cm³/mol. The van der Waals surface area contributed by atoms with E-state index in [0.717, 1.165) is 15.7 Å². The molecule has 0 spiro atoms. The molecule has 2 aromatic carbocycles. The molecule has 1 aromatic heterocycles. The second-order valence-corrected chi connectivity index (χ2v) is 5.20. The third-order valence-corrected chi connectivity index (χ3v) is 3.45. The minimum absolute atomic E-state index is 0.590. The van der Waals surface area contributed by atoms with Crippen LogP contribution < -0.4 is 0 Å². The average Bonchev–Trinajstić information content (AvgIpc) is 2.91. The summed E-state index contributed by atoms with van der Waals surface area (Å²) in [5, 5.41) is 12.4. The Labute approximate surface area is 123 Å². The molecule has 19 heavy (non-hydrogen) atoms. The van der Waals surface area contributed by atoms with Crippen LogP contribution in [0.2, 0.25) is 5.02 Å². The second-order valence-electron chi connectivity index (χ2n) is 3.88. The Kier molecular flexibility index (Phi) is 3.31. The summed E-state index contributed by atoms with van der Waals surface area (Å²) in [5.74, 6) is 0.653. The van der Waals surface area contributed by atoms with Crippen LogP contribution in [-0.4, -0.2) is 20.2 Å². The fourth-order valence-corrected chi connectivity index (χ4v) is 2.31. The van der Waals surface area contributed by atoms with Gasteiger partial charge in [0.15, 0.2) is 5.82 Å². The van der Waals surface area contributed by atoms with Crippen molar-refractivity contribution in [1.29, 1.82) is 0 Å². The highest BCUT2D eigenvalue weighted by Crippen LogP contribution is 2.27. The van der Waals surface area contributed by atoms with Gasteiger partial charge in [0.25, 0.3) is 0 Å². The summed E-state index contributed by atoms with van der Waals surface area (Å²) >= 11 is 9.63. The lowest BCUT2D eigenvalue weighted by Crippen LogP contribution is -2.00. The normalized spacial score (nSPS) is 10.6. The van der Waals surface area contributed by atoms with E-state index in [1.807, 2.05) is 42.5 Å². The van der Waals surface area contributed by atoms with E-state index in [1.54, 1.807) is 10.7 Å². The van der Waals surface area contributed by atoms with Gasteiger partial charge in [-0.25, -0.2) is 0 Å². The number of benzene rings is 2. The van der Waals surface area contributed by atoms with Gasteiger partial charge >= 0.3 is 0 Å². The molecule has 3 rings (SSSR count). The van der Waals surface area contributed by atoms with Crippen molar-refractivity contribution in [2.75, 3.05) is 0 Å². The third kappa shape index (κ3) is 2.39. The van der Waals surface area contributed by atoms with Gasteiger partial charge in [-0.1, -0.05) is 57.9 Å². The lowest BCUT2D eigenvalue weighted by atomic mass is 10.2. The van der Waals surface area contributed by atoms with Crippen LogP contribution in [0.4, 0.5) is 0 Å². The maximum absolute atomic E-state index is 6.21. The first-order chi connectivity index (χ1) is 9.25. The number of halogens is 2. The third-order valence-electron chi connectivity index (χ3n) is 2.64. The Bertz CT molecular complexity index is 712. The molecule has 0 fully saturated rings. The standard InChI is InChI=1S/C13H8BrClN4/c14-10-6-7-11(15)12(8-10)19-13(16-17-18-19)9-4-2-1-3-5-9/h1-8H. The van der Waals surface area contributed by atoms with Gasteiger partial charge in [0, 0.05) is 10.0 Å². The summed E-state index contributed by atoms with van der Waals surface area (Å²) in [6.07, 6.45) is 0. The van der Waals surface area contributed by atoms with Crippen LogP contribution in [0.3, 0.4) is 0 Å². The number of tetrazole rings is 1. The first kappa shape index (κ1) is 12.3. The van der Waals surface area contributed by atoms with Gasteiger partial charge in [-0.15, -0.1) is 5.10 Å². The summed E-state index contributed by atoms with van der Waals surface area (Å²) in [7, 11) is 0. The Hall–Kier alpha value is -1.72. The molecule has 0 amide bonds. The summed E-state index contributed by atoms with van der Waals surface area (Å²) < 4.78 is 2.55. The number of hydrogen-bond donors (Lipinski definition) is 0. The molecule has 0 aliphatic rings. The first-order valence-corrected chi connectivity index (χ1v) is 6.72. The van der Waals surface area contributed by atoms with E-state index in [2.05, 4.69) is 31.5 Å². The molecule has 3 aromatic rings. The zero-order valence-corrected chi connectivity index (χ0v) is 12.0. The number of rotatable bonds is 2. The van der Waals surface area contributed by atoms with E-state index < -0.39 is 0 Å². The van der Waals surface area contributed by atoms with Crippen molar-refractivity contribution in [1.82, 2.24) is 20.2 Å². The summed E-state index contributed by atoms with van der Waals surface area (Å²) in [6.45, 7) is 0. The smallest absolute Gasteiger partial charge is 0.187 e. The largest absolute Gasteiger partial charge is 0.191 e. The minimum Gasteiger partial charge on any atom is -0.191 e. The van der Waals surface area contributed by atoms with Gasteiger partial charge in [-0.2, -0.15) is 4.68 Å². The maximum Gasteiger partial charge on any atom is 0.187 e. The van der Waals surface area contributed by atoms with Crippen LogP contribution in [-0.2, 0) is 0 Å². The van der Waals surface area contributed by atoms with E-state index >= 15 is 0 Å². The van der Waals surface area contributed by atoms with Crippen molar-refractivity contribution in [3.63, 3.8) is 0 Å². The highest BCUT2D eigenvalue weighted by Gasteiger charge is 2.13. The van der Waals surface area contributed by atoms with Gasteiger partial charge in [0.2, 0.25) is 0 Å². The van der Waals surface area contributed by atoms with E-state index in [4.69, 9.17) is 11.6 Å². The van der Waals surface area contributed by atoms with Crippen LogP contribution in [0.25, 0.3) is 17.1 Å². The van der Waals surface area contributed by atoms with Gasteiger partial charge < -0.3 is 0 Å². The SMILES string of the molecule is Clc1ccc(Br)cc1-n1nnnc1-c1ccccc1. The van der Waals surface area contributed by atoms with Gasteiger partial charge in [-0.05, 0) is 28.6 Å². The highest BCUT2D eigenvalue weighted by molar-refractivity contribution is 9.10. The zero-order chi connectivity index (χ0) is 13.2. The maximum atomic E-state index is 6.21. The first-order valence-electron chi connectivity index (χ1n) is 5.55. The molecular weight excluding hydrogens is 328 g/mol. The quantitative estimate of drug-likeness (QED) is 0.716. The summed E-state index contributed by atoms with van der Waals surface area (Å²) in [4.78, 5) is 0. The second kappa shape index (κ2) is 5.11. The van der Waals surface area contributed by atoms with Crippen molar-refractivity contribution in [2.24, 2.45) is 0 Å². The molecule has 0 saturated carbocycles. The molecule has 0 unspecified atom stereocenters. The molecule has 0 N–H and O–H groups in total. The Balaban J connectivity index is 2.18. The van der Waals surface area contributed by atoms with Crippen molar-refractivity contribution in [3.05, 3.63) is 58.0 Å². The number of hydrogen-bond acceptors (Lipinski definition) is 3. The number of aromatic nitrogens is 4. The van der Waals surface area contributed by atoms with E-state index in [1.165, 1.54) is 0 Å². The molecule has 0 aliphatic heterocycles. The molecule has 0 radical (unpaired) electrons. The molecular formula is C13H8BrClN4. The van der Waals surface area contributed by atoms with Crippen LogP contribution in [0.5, 0.6) is 0 Å². The fourth-order valence-electron chi connectivity index (χ4n) is 1.76. The van der Waals surface area contributed by atoms with Crippen LogP contribution in [0.15, 0.2) is 53.0 Å². The van der Waals surface area contributed by atoms with Crippen molar-refractivity contribution < 1.29 is 0 Å². The fraction of sp³-hybridized carbons (Fsp3) is 0.